The topological polar surface area (TPSA) is 50.4 Å². The second-order valence-electron chi connectivity index (χ2n) is 4.29. The van der Waals surface area contributed by atoms with Crippen LogP contribution in [-0.4, -0.2) is 13.2 Å². The van der Waals surface area contributed by atoms with E-state index in [0.717, 1.165) is 18.2 Å². The first-order valence-electron chi connectivity index (χ1n) is 6.21. The molecule has 0 atom stereocenters. The third-order valence-electron chi connectivity index (χ3n) is 2.79. The van der Waals surface area contributed by atoms with Crippen molar-refractivity contribution >= 4 is 17.5 Å². The minimum atomic E-state index is -0.580. The zero-order valence-corrected chi connectivity index (χ0v) is 11.3. The molecule has 0 spiro atoms. The fraction of sp³-hybridized carbons (Fsp3) is 0.133. The molecule has 0 aliphatic rings. The van der Waals surface area contributed by atoms with Gasteiger partial charge in [0.2, 0.25) is 0 Å². The Balaban J connectivity index is 2.04. The Bertz CT molecular complexity index is 647. The van der Waals surface area contributed by atoms with E-state index in [1.165, 1.54) is 7.11 Å². The lowest BCUT2D eigenvalue weighted by molar-refractivity contribution is 0.187. The van der Waals surface area contributed by atoms with Gasteiger partial charge in [0.15, 0.2) is 0 Å². The van der Waals surface area contributed by atoms with Crippen LogP contribution in [0.3, 0.4) is 0 Å². The van der Waals surface area contributed by atoms with E-state index in [1.807, 2.05) is 0 Å². The molecule has 0 saturated carbocycles. The average Bonchev–Trinajstić information content (AvgIpc) is 2.48. The molecule has 2 rings (SSSR count). The summed E-state index contributed by atoms with van der Waals surface area (Å²) in [4.78, 5) is 11.1. The maximum absolute atomic E-state index is 13.5. The molecule has 0 fully saturated rings. The van der Waals surface area contributed by atoms with Crippen molar-refractivity contribution in [1.29, 1.82) is 0 Å². The Kier molecular flexibility index (Phi) is 4.71. The fourth-order valence-corrected chi connectivity index (χ4v) is 1.75. The maximum atomic E-state index is 13.5. The lowest BCUT2D eigenvalue weighted by Gasteiger charge is -2.10. The lowest BCUT2D eigenvalue weighted by Crippen LogP contribution is -2.11. The summed E-state index contributed by atoms with van der Waals surface area (Å²) >= 11 is 0. The summed E-state index contributed by atoms with van der Waals surface area (Å²) in [5.41, 5.74) is 1.42. The van der Waals surface area contributed by atoms with Crippen LogP contribution in [-0.2, 0) is 11.3 Å². The molecule has 1 amide bonds. The van der Waals surface area contributed by atoms with Gasteiger partial charge in [-0.25, -0.2) is 13.6 Å². The number of carbonyl (C=O) groups is 1. The number of carbonyl (C=O) groups excluding carboxylic acids is 1. The van der Waals surface area contributed by atoms with Crippen molar-refractivity contribution in [1.82, 2.24) is 0 Å². The number of anilines is 2. The predicted octanol–water partition coefficient (Wildman–Crippen LogP) is 3.76. The molecule has 0 saturated heterocycles. The second-order valence-corrected chi connectivity index (χ2v) is 4.29. The van der Waals surface area contributed by atoms with E-state index in [4.69, 9.17) is 0 Å². The molecule has 0 bridgehead atoms. The zero-order valence-electron chi connectivity index (χ0n) is 11.3. The van der Waals surface area contributed by atoms with Crippen molar-refractivity contribution in [3.8, 4) is 0 Å². The van der Waals surface area contributed by atoms with Gasteiger partial charge >= 0.3 is 6.09 Å². The second kappa shape index (κ2) is 6.69. The maximum Gasteiger partial charge on any atom is 0.411 e. The number of rotatable bonds is 4. The molecule has 0 aliphatic heterocycles. The van der Waals surface area contributed by atoms with Gasteiger partial charge in [0.25, 0.3) is 0 Å². The SMILES string of the molecule is COC(=O)Nc1cccc(NCc2cc(F)ccc2F)c1. The van der Waals surface area contributed by atoms with Crippen molar-refractivity contribution in [2.24, 2.45) is 0 Å². The highest BCUT2D eigenvalue weighted by Crippen LogP contribution is 2.17. The number of benzene rings is 2. The largest absolute Gasteiger partial charge is 0.453 e. The fourth-order valence-electron chi connectivity index (χ4n) is 1.75. The zero-order chi connectivity index (χ0) is 15.2. The molecule has 0 heterocycles. The monoisotopic (exact) mass is 292 g/mol. The molecule has 0 radical (unpaired) electrons. The van der Waals surface area contributed by atoms with E-state index in [-0.39, 0.29) is 12.1 Å². The first kappa shape index (κ1) is 14.8. The van der Waals surface area contributed by atoms with Crippen LogP contribution in [0.4, 0.5) is 25.0 Å². The smallest absolute Gasteiger partial charge is 0.411 e. The van der Waals surface area contributed by atoms with Crippen LogP contribution in [0.15, 0.2) is 42.5 Å². The molecular formula is C15H14F2N2O2. The van der Waals surface area contributed by atoms with Gasteiger partial charge in [0.05, 0.1) is 7.11 Å². The quantitative estimate of drug-likeness (QED) is 0.902. The van der Waals surface area contributed by atoms with Crippen molar-refractivity contribution in [2.45, 2.75) is 6.54 Å². The number of methoxy groups -OCH3 is 1. The summed E-state index contributed by atoms with van der Waals surface area (Å²) in [7, 11) is 1.27. The summed E-state index contributed by atoms with van der Waals surface area (Å²) in [5, 5.41) is 5.48. The van der Waals surface area contributed by atoms with E-state index < -0.39 is 17.7 Å². The minimum Gasteiger partial charge on any atom is -0.453 e. The molecule has 2 aromatic rings. The molecule has 4 nitrogen and oxygen atoms in total. The van der Waals surface area contributed by atoms with Gasteiger partial charge in [-0.1, -0.05) is 6.07 Å². The van der Waals surface area contributed by atoms with Crippen molar-refractivity contribution in [2.75, 3.05) is 17.7 Å². The van der Waals surface area contributed by atoms with Gasteiger partial charge in [0.1, 0.15) is 11.6 Å². The van der Waals surface area contributed by atoms with Crippen molar-refractivity contribution in [3.63, 3.8) is 0 Å². The molecule has 110 valence electrons. The van der Waals surface area contributed by atoms with Crippen LogP contribution in [0.5, 0.6) is 0 Å². The lowest BCUT2D eigenvalue weighted by atomic mass is 10.2. The summed E-state index contributed by atoms with van der Waals surface area (Å²) in [5.74, 6) is -0.970. The van der Waals surface area contributed by atoms with Crippen molar-refractivity contribution in [3.05, 3.63) is 59.7 Å². The van der Waals surface area contributed by atoms with Gasteiger partial charge in [-0.15, -0.1) is 0 Å². The van der Waals surface area contributed by atoms with E-state index in [9.17, 15) is 13.6 Å². The average molecular weight is 292 g/mol. The molecule has 0 unspecified atom stereocenters. The highest BCUT2D eigenvalue weighted by Gasteiger charge is 2.05. The Labute approximate surface area is 120 Å². The first-order chi connectivity index (χ1) is 10.1. The Morgan fingerprint density at radius 2 is 1.90 bits per heavy atom. The number of nitrogens with one attached hydrogen (secondary N) is 2. The number of hydrogen-bond donors (Lipinski definition) is 2. The van der Waals surface area contributed by atoms with E-state index in [2.05, 4.69) is 15.4 Å². The third kappa shape index (κ3) is 4.17. The van der Waals surface area contributed by atoms with Gasteiger partial charge in [-0.2, -0.15) is 0 Å². The van der Waals surface area contributed by atoms with Gasteiger partial charge in [-0.05, 0) is 36.4 Å². The summed E-state index contributed by atoms with van der Waals surface area (Å²) in [6.45, 7) is 0.130. The number of hydrogen-bond acceptors (Lipinski definition) is 3. The van der Waals surface area contributed by atoms with Crippen LogP contribution in [0.2, 0.25) is 0 Å². The van der Waals surface area contributed by atoms with Crippen LogP contribution in [0.25, 0.3) is 0 Å². The summed E-state index contributed by atoms with van der Waals surface area (Å²) in [6.07, 6.45) is -0.580. The third-order valence-corrected chi connectivity index (χ3v) is 2.79. The van der Waals surface area contributed by atoms with Crippen LogP contribution >= 0.6 is 0 Å². The first-order valence-corrected chi connectivity index (χ1v) is 6.21. The van der Waals surface area contributed by atoms with E-state index in [0.29, 0.717) is 11.4 Å². The highest BCUT2D eigenvalue weighted by molar-refractivity contribution is 5.85. The number of halogens is 2. The highest BCUT2D eigenvalue weighted by atomic mass is 19.1. The number of amides is 1. The Morgan fingerprint density at radius 3 is 2.67 bits per heavy atom. The summed E-state index contributed by atoms with van der Waals surface area (Å²) in [6, 6.07) is 10.1. The minimum absolute atomic E-state index is 0.130. The van der Waals surface area contributed by atoms with Crippen molar-refractivity contribution < 1.29 is 18.3 Å². The molecule has 0 aliphatic carbocycles. The Hall–Kier alpha value is -2.63. The number of ether oxygens (including phenoxy) is 1. The Morgan fingerprint density at radius 1 is 1.14 bits per heavy atom. The molecular weight excluding hydrogens is 278 g/mol. The standard InChI is InChI=1S/C15H14F2N2O2/c1-21-15(20)19-13-4-2-3-12(8-13)18-9-10-7-11(16)5-6-14(10)17/h2-8,18H,9H2,1H3,(H,19,20). The van der Waals surface area contributed by atoms with Crippen LogP contribution in [0.1, 0.15) is 5.56 Å². The molecule has 21 heavy (non-hydrogen) atoms. The molecule has 0 aromatic heterocycles. The van der Waals surface area contributed by atoms with Crippen LogP contribution < -0.4 is 10.6 Å². The normalized spacial score (nSPS) is 10.0. The predicted molar refractivity (Wildman–Crippen MR) is 76.2 cm³/mol. The molecule has 2 N–H and O–H groups in total. The van der Waals surface area contributed by atoms with Crippen LogP contribution in [0, 0.1) is 11.6 Å². The van der Waals surface area contributed by atoms with E-state index >= 15 is 0 Å². The molecule has 6 heteroatoms. The van der Waals surface area contributed by atoms with Gasteiger partial charge in [0, 0.05) is 23.5 Å². The van der Waals surface area contributed by atoms with Gasteiger partial charge in [-0.3, -0.25) is 5.32 Å². The van der Waals surface area contributed by atoms with Gasteiger partial charge < -0.3 is 10.1 Å². The summed E-state index contributed by atoms with van der Waals surface area (Å²) < 4.78 is 31.0. The molecule has 2 aromatic carbocycles. The van der Waals surface area contributed by atoms with E-state index in [1.54, 1.807) is 24.3 Å².